The van der Waals surface area contributed by atoms with E-state index in [2.05, 4.69) is 40.9 Å². The number of rotatable bonds is 5. The molecule has 2 heterocycles. The van der Waals surface area contributed by atoms with Crippen molar-refractivity contribution in [1.82, 2.24) is 20.4 Å². The summed E-state index contributed by atoms with van der Waals surface area (Å²) in [5.74, 6) is -0.0971. The lowest BCUT2D eigenvalue weighted by Crippen LogP contribution is -2.32. The van der Waals surface area contributed by atoms with E-state index in [0.29, 0.717) is 18.3 Å². The Morgan fingerprint density at radius 2 is 2.29 bits per heavy atom. The Bertz CT molecular complexity index is 665. The van der Waals surface area contributed by atoms with E-state index >= 15 is 0 Å². The molecule has 1 aliphatic rings. The number of aryl methyl sites for hydroxylation is 1. The van der Waals surface area contributed by atoms with Crippen LogP contribution in [-0.2, 0) is 6.42 Å². The molecule has 2 aromatic rings. The van der Waals surface area contributed by atoms with Gasteiger partial charge in [0.15, 0.2) is 0 Å². The van der Waals surface area contributed by atoms with Crippen molar-refractivity contribution >= 4 is 18.3 Å². The van der Waals surface area contributed by atoms with Crippen LogP contribution >= 0.6 is 12.4 Å². The second-order valence-corrected chi connectivity index (χ2v) is 6.18. The zero-order chi connectivity index (χ0) is 16.1. The van der Waals surface area contributed by atoms with E-state index in [9.17, 15) is 4.79 Å². The van der Waals surface area contributed by atoms with Crippen molar-refractivity contribution in [2.45, 2.75) is 32.2 Å². The number of benzene rings is 1. The fourth-order valence-corrected chi connectivity index (χ4v) is 3.00. The highest BCUT2D eigenvalue weighted by Gasteiger charge is 2.17. The molecule has 1 aromatic heterocycles. The van der Waals surface area contributed by atoms with E-state index < -0.39 is 0 Å². The van der Waals surface area contributed by atoms with Gasteiger partial charge in [-0.15, -0.1) is 12.4 Å². The second-order valence-electron chi connectivity index (χ2n) is 6.18. The Balaban J connectivity index is 0.00000208. The molecule has 3 rings (SSSR count). The van der Waals surface area contributed by atoms with Gasteiger partial charge in [0.2, 0.25) is 0 Å². The van der Waals surface area contributed by atoms with E-state index in [0.717, 1.165) is 32.4 Å². The van der Waals surface area contributed by atoms with Crippen LogP contribution in [0.4, 0.5) is 0 Å². The summed E-state index contributed by atoms with van der Waals surface area (Å²) in [6, 6.07) is 10.5. The van der Waals surface area contributed by atoms with Crippen molar-refractivity contribution < 1.29 is 4.79 Å². The molecule has 1 atom stereocenters. The Hall–Kier alpha value is -1.85. The van der Waals surface area contributed by atoms with Crippen LogP contribution in [0.1, 0.15) is 40.5 Å². The van der Waals surface area contributed by atoms with Gasteiger partial charge in [-0.1, -0.05) is 29.8 Å². The van der Waals surface area contributed by atoms with Gasteiger partial charge >= 0.3 is 0 Å². The van der Waals surface area contributed by atoms with Gasteiger partial charge in [0.1, 0.15) is 5.69 Å². The van der Waals surface area contributed by atoms with E-state index in [4.69, 9.17) is 0 Å². The molecular formula is C18H25ClN4O. The largest absolute Gasteiger partial charge is 0.350 e. The molecule has 0 spiro atoms. The summed E-state index contributed by atoms with van der Waals surface area (Å²) in [6.45, 7) is 4.70. The summed E-state index contributed by atoms with van der Waals surface area (Å²) in [7, 11) is 0. The van der Waals surface area contributed by atoms with E-state index in [1.807, 2.05) is 16.9 Å². The van der Waals surface area contributed by atoms with Crippen molar-refractivity contribution in [3.63, 3.8) is 0 Å². The molecule has 1 unspecified atom stereocenters. The molecule has 1 aromatic carbocycles. The van der Waals surface area contributed by atoms with Crippen LogP contribution in [0.2, 0.25) is 0 Å². The van der Waals surface area contributed by atoms with Crippen LogP contribution in [0.15, 0.2) is 36.5 Å². The molecule has 1 fully saturated rings. The summed E-state index contributed by atoms with van der Waals surface area (Å²) in [4.78, 5) is 12.2. The number of hydrogen-bond acceptors (Lipinski definition) is 3. The van der Waals surface area contributed by atoms with Crippen molar-refractivity contribution in [3.8, 4) is 0 Å². The topological polar surface area (TPSA) is 59.0 Å². The van der Waals surface area contributed by atoms with Crippen LogP contribution in [-0.4, -0.2) is 35.3 Å². The number of carbonyl (C=O) groups is 1. The minimum Gasteiger partial charge on any atom is -0.350 e. The zero-order valence-corrected chi connectivity index (χ0v) is 14.8. The molecular weight excluding hydrogens is 324 g/mol. The lowest BCUT2D eigenvalue weighted by molar-refractivity contribution is 0.0948. The van der Waals surface area contributed by atoms with E-state index in [-0.39, 0.29) is 18.3 Å². The highest BCUT2D eigenvalue weighted by Crippen LogP contribution is 2.15. The Kier molecular flexibility index (Phi) is 6.82. The summed E-state index contributed by atoms with van der Waals surface area (Å²) in [5.41, 5.74) is 2.98. The van der Waals surface area contributed by atoms with Gasteiger partial charge in [0.05, 0.1) is 6.04 Å². The molecule has 0 bridgehead atoms. The first-order chi connectivity index (χ1) is 11.2. The van der Waals surface area contributed by atoms with Gasteiger partial charge in [-0.25, -0.2) is 0 Å². The molecule has 1 amide bonds. The zero-order valence-electron chi connectivity index (χ0n) is 14.0. The summed E-state index contributed by atoms with van der Waals surface area (Å²) < 4.78 is 1.92. The van der Waals surface area contributed by atoms with Crippen LogP contribution in [0.25, 0.3) is 0 Å². The van der Waals surface area contributed by atoms with E-state index in [1.54, 1.807) is 6.07 Å². The third-order valence-corrected chi connectivity index (χ3v) is 4.27. The maximum atomic E-state index is 12.2. The SMILES string of the molecule is Cc1cccc(CCNC(=O)c2ccn(C3CCCNC3)n2)c1.Cl. The predicted octanol–water partition coefficient (Wildman–Crippen LogP) is 2.51. The summed E-state index contributed by atoms with van der Waals surface area (Å²) >= 11 is 0. The Labute approximate surface area is 149 Å². The summed E-state index contributed by atoms with van der Waals surface area (Å²) in [5, 5.41) is 10.8. The number of halogens is 1. The van der Waals surface area contributed by atoms with Crippen LogP contribution in [0.5, 0.6) is 0 Å². The number of nitrogens with one attached hydrogen (secondary N) is 2. The van der Waals surface area contributed by atoms with Crippen molar-refractivity contribution in [1.29, 1.82) is 0 Å². The number of nitrogens with zero attached hydrogens (tertiary/aromatic N) is 2. The monoisotopic (exact) mass is 348 g/mol. The van der Waals surface area contributed by atoms with Gasteiger partial charge in [0.25, 0.3) is 5.91 Å². The number of carbonyl (C=O) groups excluding carboxylic acids is 1. The first kappa shape index (κ1) is 18.5. The molecule has 0 aliphatic carbocycles. The average molecular weight is 349 g/mol. The third-order valence-electron chi connectivity index (χ3n) is 4.27. The first-order valence-corrected chi connectivity index (χ1v) is 8.32. The number of hydrogen-bond donors (Lipinski definition) is 2. The first-order valence-electron chi connectivity index (χ1n) is 8.32. The molecule has 130 valence electrons. The van der Waals surface area contributed by atoms with Crippen molar-refractivity contribution in [2.75, 3.05) is 19.6 Å². The van der Waals surface area contributed by atoms with Gasteiger partial charge in [-0.05, 0) is 44.4 Å². The van der Waals surface area contributed by atoms with E-state index in [1.165, 1.54) is 11.1 Å². The van der Waals surface area contributed by atoms with Gasteiger partial charge in [-0.3, -0.25) is 9.48 Å². The molecule has 1 aliphatic heterocycles. The minimum atomic E-state index is -0.0971. The normalized spacial score (nSPS) is 17.1. The van der Waals surface area contributed by atoms with Crippen LogP contribution in [0, 0.1) is 6.92 Å². The molecule has 1 saturated heterocycles. The Morgan fingerprint density at radius 3 is 3.04 bits per heavy atom. The fourth-order valence-electron chi connectivity index (χ4n) is 3.00. The van der Waals surface area contributed by atoms with Crippen LogP contribution < -0.4 is 10.6 Å². The van der Waals surface area contributed by atoms with Crippen molar-refractivity contribution in [3.05, 3.63) is 53.3 Å². The van der Waals surface area contributed by atoms with Gasteiger partial charge in [0, 0.05) is 19.3 Å². The highest BCUT2D eigenvalue weighted by atomic mass is 35.5. The average Bonchev–Trinajstić information content (AvgIpc) is 3.06. The molecule has 0 saturated carbocycles. The number of amides is 1. The number of aromatic nitrogens is 2. The molecule has 24 heavy (non-hydrogen) atoms. The highest BCUT2D eigenvalue weighted by molar-refractivity contribution is 5.92. The predicted molar refractivity (Wildman–Crippen MR) is 97.8 cm³/mol. The molecule has 5 nitrogen and oxygen atoms in total. The molecule has 0 radical (unpaired) electrons. The van der Waals surface area contributed by atoms with Crippen molar-refractivity contribution in [2.24, 2.45) is 0 Å². The fraction of sp³-hybridized carbons (Fsp3) is 0.444. The smallest absolute Gasteiger partial charge is 0.271 e. The van der Waals surface area contributed by atoms with Crippen LogP contribution in [0.3, 0.4) is 0 Å². The third kappa shape index (κ3) is 4.82. The molecule has 2 N–H and O–H groups in total. The lowest BCUT2D eigenvalue weighted by Gasteiger charge is -2.22. The molecule has 6 heteroatoms. The lowest BCUT2D eigenvalue weighted by atomic mass is 10.1. The quantitative estimate of drug-likeness (QED) is 0.872. The maximum Gasteiger partial charge on any atom is 0.271 e. The number of piperidine rings is 1. The van der Waals surface area contributed by atoms with Gasteiger partial charge < -0.3 is 10.6 Å². The standard InChI is InChI=1S/C18H24N4O.ClH/c1-14-4-2-5-15(12-14)7-10-20-18(23)17-8-11-22(21-17)16-6-3-9-19-13-16;/h2,4-5,8,11-12,16,19H,3,6-7,9-10,13H2,1H3,(H,20,23);1H. The van der Waals surface area contributed by atoms with Gasteiger partial charge in [-0.2, -0.15) is 5.10 Å². The Morgan fingerprint density at radius 1 is 1.42 bits per heavy atom. The maximum absolute atomic E-state index is 12.2. The minimum absolute atomic E-state index is 0. The summed E-state index contributed by atoms with van der Waals surface area (Å²) in [6.07, 6.45) is 5.01. The second kappa shape index (κ2) is 8.85.